The van der Waals surface area contributed by atoms with Crippen LogP contribution in [0.4, 0.5) is 5.69 Å². The predicted octanol–water partition coefficient (Wildman–Crippen LogP) is 3.14. The molecule has 1 atom stereocenters. The van der Waals surface area contributed by atoms with Gasteiger partial charge in [-0.15, -0.1) is 0 Å². The number of hydrogen-bond donors (Lipinski definition) is 2. The SMILES string of the molecule is CC(C)Oc1ccccc1C(O)c1cccc(N)c1. The minimum Gasteiger partial charge on any atom is -0.491 e. The summed E-state index contributed by atoms with van der Waals surface area (Å²) in [5, 5.41) is 10.5. The molecule has 0 fully saturated rings. The van der Waals surface area contributed by atoms with Gasteiger partial charge in [0.25, 0.3) is 0 Å². The monoisotopic (exact) mass is 257 g/mol. The molecule has 0 heterocycles. The van der Waals surface area contributed by atoms with Gasteiger partial charge in [-0.2, -0.15) is 0 Å². The van der Waals surface area contributed by atoms with Gasteiger partial charge in [0, 0.05) is 11.3 Å². The lowest BCUT2D eigenvalue weighted by Gasteiger charge is -2.18. The zero-order chi connectivity index (χ0) is 13.8. The standard InChI is InChI=1S/C16H19NO2/c1-11(2)19-15-9-4-3-8-14(15)16(18)12-6-5-7-13(17)10-12/h3-11,16,18H,17H2,1-2H3. The lowest BCUT2D eigenvalue weighted by atomic mass is 10.0. The number of nitrogens with two attached hydrogens (primary N) is 1. The van der Waals surface area contributed by atoms with Crippen LogP contribution in [0.5, 0.6) is 5.75 Å². The summed E-state index contributed by atoms with van der Waals surface area (Å²) in [6, 6.07) is 14.8. The van der Waals surface area contributed by atoms with Crippen molar-refractivity contribution in [2.45, 2.75) is 26.1 Å². The minimum atomic E-state index is -0.738. The second-order valence-corrected chi connectivity index (χ2v) is 4.78. The fraction of sp³-hybridized carbons (Fsp3) is 0.250. The molecule has 0 aliphatic rings. The normalized spacial score (nSPS) is 12.4. The number of benzene rings is 2. The van der Waals surface area contributed by atoms with Gasteiger partial charge in [0.15, 0.2) is 0 Å². The van der Waals surface area contributed by atoms with Crippen molar-refractivity contribution in [2.24, 2.45) is 0 Å². The van der Waals surface area contributed by atoms with Crippen molar-refractivity contribution in [2.75, 3.05) is 5.73 Å². The molecule has 0 saturated carbocycles. The number of nitrogen functional groups attached to an aromatic ring is 1. The lowest BCUT2D eigenvalue weighted by molar-refractivity contribution is 0.198. The predicted molar refractivity (Wildman–Crippen MR) is 77.1 cm³/mol. The molecule has 2 aromatic rings. The molecule has 3 heteroatoms. The first-order chi connectivity index (χ1) is 9.08. The molecule has 19 heavy (non-hydrogen) atoms. The molecule has 3 N–H and O–H groups in total. The van der Waals surface area contributed by atoms with Gasteiger partial charge in [-0.25, -0.2) is 0 Å². The van der Waals surface area contributed by atoms with Gasteiger partial charge in [0.2, 0.25) is 0 Å². The van der Waals surface area contributed by atoms with Crippen molar-refractivity contribution in [3.8, 4) is 5.75 Å². The molecular formula is C16H19NO2. The highest BCUT2D eigenvalue weighted by Crippen LogP contribution is 2.31. The molecule has 0 aliphatic heterocycles. The van der Waals surface area contributed by atoms with E-state index in [9.17, 15) is 5.11 Å². The zero-order valence-corrected chi connectivity index (χ0v) is 11.2. The highest BCUT2D eigenvalue weighted by atomic mass is 16.5. The summed E-state index contributed by atoms with van der Waals surface area (Å²) in [6.45, 7) is 3.92. The Morgan fingerprint density at radius 3 is 2.47 bits per heavy atom. The molecule has 0 saturated heterocycles. The Morgan fingerprint density at radius 1 is 1.05 bits per heavy atom. The van der Waals surface area contributed by atoms with Crippen LogP contribution in [0.25, 0.3) is 0 Å². The molecule has 0 bridgehead atoms. The van der Waals surface area contributed by atoms with Crippen LogP contribution in [-0.4, -0.2) is 11.2 Å². The smallest absolute Gasteiger partial charge is 0.125 e. The maximum atomic E-state index is 10.5. The maximum absolute atomic E-state index is 10.5. The van der Waals surface area contributed by atoms with Gasteiger partial charge in [0.05, 0.1) is 6.10 Å². The Hall–Kier alpha value is -2.00. The van der Waals surface area contributed by atoms with E-state index >= 15 is 0 Å². The molecule has 0 aliphatic carbocycles. The number of para-hydroxylation sites is 1. The lowest BCUT2D eigenvalue weighted by Crippen LogP contribution is -2.10. The molecule has 0 aromatic heterocycles. The third-order valence-electron chi connectivity index (χ3n) is 2.80. The fourth-order valence-corrected chi connectivity index (χ4v) is 1.98. The van der Waals surface area contributed by atoms with E-state index in [2.05, 4.69) is 0 Å². The van der Waals surface area contributed by atoms with Crippen molar-refractivity contribution < 1.29 is 9.84 Å². The third kappa shape index (κ3) is 3.26. The Bertz CT molecular complexity index is 552. The number of aliphatic hydroxyl groups excluding tert-OH is 1. The first-order valence-electron chi connectivity index (χ1n) is 6.37. The molecule has 3 nitrogen and oxygen atoms in total. The van der Waals surface area contributed by atoms with Gasteiger partial charge in [-0.05, 0) is 37.6 Å². The minimum absolute atomic E-state index is 0.0641. The number of aliphatic hydroxyl groups is 1. The van der Waals surface area contributed by atoms with Crippen LogP contribution >= 0.6 is 0 Å². The van der Waals surface area contributed by atoms with E-state index in [-0.39, 0.29) is 6.10 Å². The van der Waals surface area contributed by atoms with Crippen molar-refractivity contribution >= 4 is 5.69 Å². The van der Waals surface area contributed by atoms with Crippen LogP contribution < -0.4 is 10.5 Å². The molecular weight excluding hydrogens is 238 g/mol. The van der Waals surface area contributed by atoms with E-state index in [1.165, 1.54) is 0 Å². The summed E-state index contributed by atoms with van der Waals surface area (Å²) >= 11 is 0. The van der Waals surface area contributed by atoms with Crippen molar-refractivity contribution in [3.05, 3.63) is 59.7 Å². The van der Waals surface area contributed by atoms with Crippen molar-refractivity contribution in [1.82, 2.24) is 0 Å². The number of ether oxygens (including phenoxy) is 1. The zero-order valence-electron chi connectivity index (χ0n) is 11.2. The van der Waals surface area contributed by atoms with E-state index in [1.807, 2.05) is 50.2 Å². The largest absolute Gasteiger partial charge is 0.491 e. The van der Waals surface area contributed by atoms with Crippen molar-refractivity contribution in [3.63, 3.8) is 0 Å². The molecule has 0 radical (unpaired) electrons. The Balaban J connectivity index is 2.35. The molecule has 0 amide bonds. The van der Waals surface area contributed by atoms with Gasteiger partial charge in [-0.1, -0.05) is 30.3 Å². The van der Waals surface area contributed by atoms with Crippen LogP contribution in [-0.2, 0) is 0 Å². The van der Waals surface area contributed by atoms with E-state index < -0.39 is 6.10 Å². The highest BCUT2D eigenvalue weighted by molar-refractivity contribution is 5.46. The Morgan fingerprint density at radius 2 is 1.79 bits per heavy atom. The summed E-state index contributed by atoms with van der Waals surface area (Å²) in [5.41, 5.74) is 7.90. The van der Waals surface area contributed by atoms with E-state index in [4.69, 9.17) is 10.5 Å². The molecule has 1 unspecified atom stereocenters. The van der Waals surface area contributed by atoms with Crippen LogP contribution in [0.15, 0.2) is 48.5 Å². The molecule has 100 valence electrons. The first-order valence-corrected chi connectivity index (χ1v) is 6.37. The Kier molecular flexibility index (Phi) is 4.07. The van der Waals surface area contributed by atoms with E-state index in [0.717, 1.165) is 11.1 Å². The Labute approximate surface area is 113 Å². The summed E-state index contributed by atoms with van der Waals surface area (Å²) in [6.07, 6.45) is -0.673. The number of hydrogen-bond acceptors (Lipinski definition) is 3. The van der Waals surface area contributed by atoms with Gasteiger partial charge in [0.1, 0.15) is 11.9 Å². The fourth-order valence-electron chi connectivity index (χ4n) is 1.98. The van der Waals surface area contributed by atoms with Gasteiger partial charge < -0.3 is 15.6 Å². The third-order valence-corrected chi connectivity index (χ3v) is 2.80. The van der Waals surface area contributed by atoms with Crippen LogP contribution in [0.2, 0.25) is 0 Å². The second kappa shape index (κ2) is 5.76. The first kappa shape index (κ1) is 13.4. The number of anilines is 1. The summed E-state index contributed by atoms with van der Waals surface area (Å²) in [4.78, 5) is 0. The van der Waals surface area contributed by atoms with Gasteiger partial charge in [-0.3, -0.25) is 0 Å². The van der Waals surface area contributed by atoms with Crippen molar-refractivity contribution in [1.29, 1.82) is 0 Å². The topological polar surface area (TPSA) is 55.5 Å². The summed E-state index contributed by atoms with van der Waals surface area (Å²) < 4.78 is 5.73. The van der Waals surface area contributed by atoms with E-state index in [0.29, 0.717) is 11.4 Å². The summed E-state index contributed by atoms with van der Waals surface area (Å²) in [5.74, 6) is 0.701. The van der Waals surface area contributed by atoms with Crippen LogP contribution in [0.1, 0.15) is 31.1 Å². The molecule has 2 aromatic carbocycles. The maximum Gasteiger partial charge on any atom is 0.125 e. The molecule has 0 spiro atoms. The average molecular weight is 257 g/mol. The quantitative estimate of drug-likeness (QED) is 0.827. The number of rotatable bonds is 4. The van der Waals surface area contributed by atoms with Crippen LogP contribution in [0.3, 0.4) is 0 Å². The summed E-state index contributed by atoms with van der Waals surface area (Å²) in [7, 11) is 0. The van der Waals surface area contributed by atoms with Crippen LogP contribution in [0, 0.1) is 0 Å². The van der Waals surface area contributed by atoms with E-state index in [1.54, 1.807) is 12.1 Å². The highest BCUT2D eigenvalue weighted by Gasteiger charge is 2.16. The second-order valence-electron chi connectivity index (χ2n) is 4.78. The van der Waals surface area contributed by atoms with Gasteiger partial charge >= 0.3 is 0 Å². The average Bonchev–Trinajstić information content (AvgIpc) is 2.38. The molecule has 2 rings (SSSR count).